The maximum Gasteiger partial charge on any atom is 0.333 e. The van der Waals surface area contributed by atoms with E-state index in [2.05, 4.69) is 34.3 Å². The molecule has 0 aliphatic carbocycles. The lowest BCUT2D eigenvalue weighted by Gasteiger charge is -2.52. The summed E-state index contributed by atoms with van der Waals surface area (Å²) in [7, 11) is 1.68. The van der Waals surface area contributed by atoms with Crippen LogP contribution in [0.2, 0.25) is 0 Å². The first-order chi connectivity index (χ1) is 8.10. The molecule has 1 aliphatic heterocycles. The van der Waals surface area contributed by atoms with Gasteiger partial charge >= 0.3 is 5.97 Å². The molecule has 0 aromatic carbocycles. The summed E-state index contributed by atoms with van der Waals surface area (Å²) >= 11 is 0. The molecule has 0 bridgehead atoms. The second-order valence-corrected chi connectivity index (χ2v) is 6.32. The summed E-state index contributed by atoms with van der Waals surface area (Å²) < 4.78 is 5.50. The van der Waals surface area contributed by atoms with Gasteiger partial charge in [-0.25, -0.2) is 4.79 Å². The Morgan fingerprint density at radius 3 is 2.00 bits per heavy atom. The number of carbonyl (C=O) groups is 1. The lowest BCUT2D eigenvalue weighted by molar-refractivity contribution is -0.277. The molecule has 0 aromatic rings. The highest BCUT2D eigenvalue weighted by Crippen LogP contribution is 2.39. The van der Waals surface area contributed by atoms with Gasteiger partial charge in [0.05, 0.1) is 7.11 Å². The van der Waals surface area contributed by atoms with Gasteiger partial charge < -0.3 is 9.57 Å². The number of piperidine rings is 1. The third-order valence-corrected chi connectivity index (χ3v) is 3.36. The molecule has 1 rings (SSSR count). The highest BCUT2D eigenvalue weighted by molar-refractivity contribution is 5.87. The Bertz CT molecular complexity index is 329. The first-order valence-electron chi connectivity index (χ1n) is 6.31. The van der Waals surface area contributed by atoms with Gasteiger partial charge in [0.15, 0.2) is 0 Å². The summed E-state index contributed by atoms with van der Waals surface area (Å²) in [6, 6.07) is 0. The molecule has 104 valence electrons. The van der Waals surface area contributed by atoms with Gasteiger partial charge in [-0.3, -0.25) is 0 Å². The van der Waals surface area contributed by atoms with E-state index in [1.807, 2.05) is 5.06 Å². The Hall–Kier alpha value is -0.870. The fraction of sp³-hybridized carbons (Fsp3) is 0.786. The van der Waals surface area contributed by atoms with Gasteiger partial charge in [-0.15, -0.1) is 0 Å². The molecule has 0 radical (unpaired) electrons. The van der Waals surface area contributed by atoms with Gasteiger partial charge in [-0.2, -0.15) is 5.06 Å². The smallest absolute Gasteiger partial charge is 0.333 e. The molecule has 1 saturated heterocycles. The summed E-state index contributed by atoms with van der Waals surface area (Å²) in [6.45, 7) is 13.7. The van der Waals surface area contributed by atoms with Crippen molar-refractivity contribution in [2.24, 2.45) is 0 Å². The van der Waals surface area contributed by atoms with Crippen molar-refractivity contribution in [3.05, 3.63) is 12.2 Å². The highest BCUT2D eigenvalue weighted by Gasteiger charge is 2.47. The number of carbonyl (C=O) groups excluding carboxylic acids is 1. The number of hydrogen-bond donors (Lipinski definition) is 0. The summed E-state index contributed by atoms with van der Waals surface area (Å²) in [6.07, 6.45) is 1.41. The maximum atomic E-state index is 11.6. The molecule has 0 amide bonds. The van der Waals surface area contributed by atoms with Gasteiger partial charge in [-0.05, 0) is 34.6 Å². The number of hydroxylamine groups is 2. The topological polar surface area (TPSA) is 38.8 Å². The molecule has 1 heterocycles. The van der Waals surface area contributed by atoms with Gasteiger partial charge in [0.2, 0.25) is 0 Å². The van der Waals surface area contributed by atoms with E-state index in [1.54, 1.807) is 14.0 Å². The number of esters is 1. The van der Waals surface area contributed by atoms with Gasteiger partial charge in [0.25, 0.3) is 0 Å². The molecule has 0 spiro atoms. The molecule has 0 unspecified atom stereocenters. The number of ether oxygens (including phenoxy) is 1. The van der Waals surface area contributed by atoms with Gasteiger partial charge in [0, 0.05) is 29.5 Å². The second kappa shape index (κ2) is 5.02. The zero-order chi connectivity index (χ0) is 14.1. The average Bonchev–Trinajstić information content (AvgIpc) is 2.13. The van der Waals surface area contributed by atoms with Crippen molar-refractivity contribution < 1.29 is 14.4 Å². The monoisotopic (exact) mass is 255 g/mol. The van der Waals surface area contributed by atoms with Crippen LogP contribution in [0.4, 0.5) is 0 Å². The first kappa shape index (κ1) is 15.2. The molecule has 0 saturated carbocycles. The van der Waals surface area contributed by atoms with E-state index in [9.17, 15) is 4.79 Å². The summed E-state index contributed by atoms with van der Waals surface area (Å²) in [5.74, 6) is -0.308. The fourth-order valence-electron chi connectivity index (χ4n) is 3.00. The number of hydrogen-bond acceptors (Lipinski definition) is 4. The highest BCUT2D eigenvalue weighted by atomic mass is 16.7. The van der Waals surface area contributed by atoms with Crippen molar-refractivity contribution in [3.8, 4) is 0 Å². The van der Waals surface area contributed by atoms with E-state index in [4.69, 9.17) is 9.57 Å². The van der Waals surface area contributed by atoms with E-state index < -0.39 is 0 Å². The molecule has 0 aromatic heterocycles. The van der Waals surface area contributed by atoms with Crippen molar-refractivity contribution in [3.63, 3.8) is 0 Å². The van der Waals surface area contributed by atoms with E-state index in [0.717, 1.165) is 12.8 Å². The lowest BCUT2D eigenvalue weighted by Crippen LogP contribution is -2.61. The van der Waals surface area contributed by atoms with E-state index in [1.165, 1.54) is 0 Å². The Morgan fingerprint density at radius 2 is 1.67 bits per heavy atom. The fourth-order valence-corrected chi connectivity index (χ4v) is 3.00. The largest absolute Gasteiger partial charge is 0.459 e. The van der Waals surface area contributed by atoms with Crippen molar-refractivity contribution in [2.75, 3.05) is 7.11 Å². The molecule has 18 heavy (non-hydrogen) atoms. The summed E-state index contributed by atoms with van der Waals surface area (Å²) in [5.41, 5.74) is 0.104. The van der Waals surface area contributed by atoms with Crippen LogP contribution in [-0.4, -0.2) is 35.3 Å². The van der Waals surface area contributed by atoms with Crippen LogP contribution in [0.25, 0.3) is 0 Å². The molecular weight excluding hydrogens is 230 g/mol. The molecular formula is C14H25NO3. The van der Waals surface area contributed by atoms with E-state index >= 15 is 0 Å². The minimum absolute atomic E-state index is 0.0920. The molecule has 0 atom stereocenters. The van der Waals surface area contributed by atoms with Crippen molar-refractivity contribution in [1.29, 1.82) is 0 Å². The Labute approximate surface area is 110 Å². The van der Waals surface area contributed by atoms with E-state index in [-0.39, 0.29) is 23.2 Å². The van der Waals surface area contributed by atoms with Crippen LogP contribution in [0.5, 0.6) is 0 Å². The lowest BCUT2D eigenvalue weighted by atomic mass is 9.80. The molecule has 0 N–H and O–H groups in total. The molecule has 1 aliphatic rings. The Kier molecular flexibility index (Phi) is 4.23. The van der Waals surface area contributed by atoms with Gasteiger partial charge in [0.1, 0.15) is 6.10 Å². The van der Waals surface area contributed by atoms with E-state index in [0.29, 0.717) is 5.57 Å². The van der Waals surface area contributed by atoms with Crippen LogP contribution in [-0.2, 0) is 14.4 Å². The third kappa shape index (κ3) is 3.12. The SMILES string of the molecule is C=C(C)C(=O)OC1CC(C)(C)N(OC)C(C)(C)C1. The molecule has 1 fully saturated rings. The van der Waals surface area contributed by atoms with Crippen LogP contribution < -0.4 is 0 Å². The van der Waals surface area contributed by atoms with Crippen LogP contribution in [0, 0.1) is 0 Å². The zero-order valence-corrected chi connectivity index (χ0v) is 12.4. The predicted molar refractivity (Wildman–Crippen MR) is 70.9 cm³/mol. The minimum atomic E-state index is -0.308. The predicted octanol–water partition coefficient (Wildman–Crippen LogP) is 2.69. The standard InChI is InChI=1S/C14H25NO3/c1-10(2)12(16)18-11-8-13(3,4)15(17-7)14(5,6)9-11/h11H,1,8-9H2,2-7H3. The normalized spacial score (nSPS) is 23.7. The van der Waals surface area contributed by atoms with Crippen LogP contribution in [0.1, 0.15) is 47.5 Å². The minimum Gasteiger partial charge on any atom is -0.459 e. The average molecular weight is 255 g/mol. The van der Waals surface area contributed by atoms with Crippen LogP contribution >= 0.6 is 0 Å². The van der Waals surface area contributed by atoms with Crippen molar-refractivity contribution in [2.45, 2.75) is 64.6 Å². The summed E-state index contributed by atoms with van der Waals surface area (Å²) in [4.78, 5) is 17.1. The number of nitrogens with zero attached hydrogens (tertiary/aromatic N) is 1. The second-order valence-electron chi connectivity index (χ2n) is 6.32. The Balaban J connectivity index is 2.83. The molecule has 4 nitrogen and oxygen atoms in total. The quantitative estimate of drug-likeness (QED) is 0.574. The summed E-state index contributed by atoms with van der Waals surface area (Å²) in [5, 5.41) is 1.99. The first-order valence-corrected chi connectivity index (χ1v) is 6.31. The third-order valence-electron chi connectivity index (χ3n) is 3.36. The maximum absolute atomic E-state index is 11.6. The van der Waals surface area contributed by atoms with Crippen molar-refractivity contribution in [1.82, 2.24) is 5.06 Å². The van der Waals surface area contributed by atoms with Crippen LogP contribution in [0.15, 0.2) is 12.2 Å². The zero-order valence-electron chi connectivity index (χ0n) is 12.4. The number of rotatable bonds is 3. The van der Waals surface area contributed by atoms with Crippen molar-refractivity contribution >= 4 is 5.97 Å². The Morgan fingerprint density at radius 1 is 1.22 bits per heavy atom. The molecule has 4 heteroatoms. The van der Waals surface area contributed by atoms with Gasteiger partial charge in [-0.1, -0.05) is 6.58 Å². The van der Waals surface area contributed by atoms with Crippen LogP contribution in [0.3, 0.4) is 0 Å².